The number of hydrogen-bond acceptors (Lipinski definition) is 2. The van der Waals surface area contributed by atoms with E-state index >= 15 is 0 Å². The number of anilines is 1. The number of carbonyl (C=O) groups excluding carboxylic acids is 1. The SMILES string of the molecule is CCC(C)C(=O)Nc1cccc(CNC(=NC)NCCc2ccccc2)c1. The topological polar surface area (TPSA) is 65.5 Å². The Morgan fingerprint density at radius 2 is 1.78 bits per heavy atom. The van der Waals surface area contributed by atoms with Crippen molar-refractivity contribution < 1.29 is 4.79 Å². The minimum absolute atomic E-state index is 0.0134. The quantitative estimate of drug-likeness (QED) is 0.494. The number of guanidine groups is 1. The monoisotopic (exact) mass is 366 g/mol. The van der Waals surface area contributed by atoms with Gasteiger partial charge in [0.05, 0.1) is 0 Å². The number of amides is 1. The predicted octanol–water partition coefficient (Wildman–Crippen LogP) is 3.58. The van der Waals surface area contributed by atoms with Crippen LogP contribution in [0.3, 0.4) is 0 Å². The Balaban J connectivity index is 1.81. The average Bonchev–Trinajstić information content (AvgIpc) is 2.71. The number of hydrogen-bond donors (Lipinski definition) is 3. The standard InChI is InChI=1S/C22H30N4O/c1-4-17(2)21(27)26-20-12-8-11-19(15-20)16-25-22(23-3)24-14-13-18-9-6-5-7-10-18/h5-12,15,17H,4,13-14,16H2,1-3H3,(H,26,27)(H2,23,24,25). The van der Waals surface area contributed by atoms with Crippen molar-refractivity contribution in [3.05, 3.63) is 65.7 Å². The van der Waals surface area contributed by atoms with Gasteiger partial charge in [0.25, 0.3) is 0 Å². The lowest BCUT2D eigenvalue weighted by Crippen LogP contribution is -2.37. The highest BCUT2D eigenvalue weighted by atomic mass is 16.1. The zero-order valence-corrected chi connectivity index (χ0v) is 16.5. The van der Waals surface area contributed by atoms with Crippen LogP contribution in [0.25, 0.3) is 0 Å². The molecular weight excluding hydrogens is 336 g/mol. The molecule has 0 aromatic heterocycles. The Bertz CT molecular complexity index is 743. The molecule has 0 bridgehead atoms. The minimum atomic E-state index is 0.0134. The smallest absolute Gasteiger partial charge is 0.227 e. The second kappa shape index (κ2) is 11.0. The molecule has 1 amide bonds. The fourth-order valence-corrected chi connectivity index (χ4v) is 2.59. The first-order valence-electron chi connectivity index (χ1n) is 9.50. The fourth-order valence-electron chi connectivity index (χ4n) is 2.59. The number of rotatable bonds is 8. The highest BCUT2D eigenvalue weighted by Gasteiger charge is 2.10. The number of aliphatic imine (C=N–C) groups is 1. The number of nitrogens with zero attached hydrogens (tertiary/aromatic N) is 1. The normalized spacial score (nSPS) is 12.3. The second-order valence-corrected chi connectivity index (χ2v) is 6.59. The van der Waals surface area contributed by atoms with Gasteiger partial charge in [-0.05, 0) is 36.1 Å². The molecule has 1 unspecified atom stereocenters. The van der Waals surface area contributed by atoms with E-state index in [9.17, 15) is 4.79 Å². The second-order valence-electron chi connectivity index (χ2n) is 6.59. The first-order valence-corrected chi connectivity index (χ1v) is 9.50. The summed E-state index contributed by atoms with van der Waals surface area (Å²) >= 11 is 0. The summed E-state index contributed by atoms with van der Waals surface area (Å²) in [6, 6.07) is 18.3. The van der Waals surface area contributed by atoms with Crippen LogP contribution in [0, 0.1) is 5.92 Å². The van der Waals surface area contributed by atoms with Crippen LogP contribution in [-0.2, 0) is 17.8 Å². The van der Waals surface area contributed by atoms with Crippen LogP contribution < -0.4 is 16.0 Å². The van der Waals surface area contributed by atoms with Crippen molar-refractivity contribution in [2.24, 2.45) is 10.9 Å². The van der Waals surface area contributed by atoms with Gasteiger partial charge in [-0.1, -0.05) is 56.3 Å². The lowest BCUT2D eigenvalue weighted by Gasteiger charge is -2.13. The van der Waals surface area contributed by atoms with E-state index < -0.39 is 0 Å². The summed E-state index contributed by atoms with van der Waals surface area (Å²) in [6.45, 7) is 5.40. The van der Waals surface area contributed by atoms with Gasteiger partial charge >= 0.3 is 0 Å². The maximum Gasteiger partial charge on any atom is 0.227 e. The van der Waals surface area contributed by atoms with Gasteiger partial charge in [-0.3, -0.25) is 9.79 Å². The molecule has 0 spiro atoms. The summed E-state index contributed by atoms with van der Waals surface area (Å²) in [5, 5.41) is 9.61. The highest BCUT2D eigenvalue weighted by molar-refractivity contribution is 5.92. The van der Waals surface area contributed by atoms with Gasteiger partial charge in [-0.25, -0.2) is 0 Å². The Morgan fingerprint density at radius 1 is 1.04 bits per heavy atom. The third-order valence-electron chi connectivity index (χ3n) is 4.49. The number of nitrogens with one attached hydrogen (secondary N) is 3. The maximum atomic E-state index is 12.0. The molecule has 0 aliphatic rings. The third kappa shape index (κ3) is 7.13. The van der Waals surface area contributed by atoms with Crippen LogP contribution in [0.1, 0.15) is 31.4 Å². The third-order valence-corrected chi connectivity index (χ3v) is 4.49. The van der Waals surface area contributed by atoms with Gasteiger partial charge in [0, 0.05) is 31.7 Å². The predicted molar refractivity (Wildman–Crippen MR) is 113 cm³/mol. The van der Waals surface area contributed by atoms with E-state index in [4.69, 9.17) is 0 Å². The van der Waals surface area contributed by atoms with Crippen molar-refractivity contribution in [2.45, 2.75) is 33.2 Å². The Morgan fingerprint density at radius 3 is 2.48 bits per heavy atom. The molecule has 1 atom stereocenters. The van der Waals surface area contributed by atoms with Crippen molar-refractivity contribution in [3.8, 4) is 0 Å². The van der Waals surface area contributed by atoms with E-state index in [0.717, 1.165) is 36.6 Å². The van der Waals surface area contributed by atoms with Crippen LogP contribution in [-0.4, -0.2) is 25.5 Å². The van der Waals surface area contributed by atoms with Crippen molar-refractivity contribution in [2.75, 3.05) is 18.9 Å². The molecule has 0 radical (unpaired) electrons. The summed E-state index contributed by atoms with van der Waals surface area (Å²) in [5.74, 6) is 0.834. The minimum Gasteiger partial charge on any atom is -0.356 e. The van der Waals surface area contributed by atoms with Crippen molar-refractivity contribution in [3.63, 3.8) is 0 Å². The first kappa shape index (κ1) is 20.5. The van der Waals surface area contributed by atoms with Gasteiger partial charge in [0.1, 0.15) is 0 Å². The van der Waals surface area contributed by atoms with E-state index in [1.807, 2.05) is 44.2 Å². The molecule has 0 saturated heterocycles. The Hall–Kier alpha value is -2.82. The molecule has 0 saturated carbocycles. The van der Waals surface area contributed by atoms with Gasteiger partial charge in [0.2, 0.25) is 5.91 Å². The molecular formula is C22H30N4O. The van der Waals surface area contributed by atoms with Crippen LogP contribution in [0.15, 0.2) is 59.6 Å². The van der Waals surface area contributed by atoms with E-state index in [2.05, 4.69) is 45.2 Å². The number of benzene rings is 2. The van der Waals surface area contributed by atoms with Crippen molar-refractivity contribution in [1.82, 2.24) is 10.6 Å². The number of carbonyl (C=O) groups is 1. The summed E-state index contributed by atoms with van der Waals surface area (Å²) in [5.41, 5.74) is 3.21. The van der Waals surface area contributed by atoms with Crippen LogP contribution in [0.2, 0.25) is 0 Å². The summed E-state index contributed by atoms with van der Waals surface area (Å²) < 4.78 is 0. The zero-order chi connectivity index (χ0) is 19.5. The summed E-state index contributed by atoms with van der Waals surface area (Å²) in [6.07, 6.45) is 1.77. The van der Waals surface area contributed by atoms with Crippen LogP contribution >= 0.6 is 0 Å². The lowest BCUT2D eigenvalue weighted by molar-refractivity contribution is -0.119. The summed E-state index contributed by atoms with van der Waals surface area (Å²) in [7, 11) is 1.76. The van der Waals surface area contributed by atoms with Gasteiger partial charge in [-0.15, -0.1) is 0 Å². The van der Waals surface area contributed by atoms with Gasteiger partial charge < -0.3 is 16.0 Å². The van der Waals surface area contributed by atoms with Crippen LogP contribution in [0.4, 0.5) is 5.69 Å². The van der Waals surface area contributed by atoms with E-state index in [1.54, 1.807) is 7.05 Å². The van der Waals surface area contributed by atoms with Gasteiger partial charge in [-0.2, -0.15) is 0 Å². The Labute approximate surface area is 162 Å². The lowest BCUT2D eigenvalue weighted by atomic mass is 10.1. The molecule has 5 nitrogen and oxygen atoms in total. The summed E-state index contributed by atoms with van der Waals surface area (Å²) in [4.78, 5) is 16.3. The molecule has 27 heavy (non-hydrogen) atoms. The van der Waals surface area contributed by atoms with Crippen molar-refractivity contribution in [1.29, 1.82) is 0 Å². The molecule has 0 aliphatic heterocycles. The largest absolute Gasteiger partial charge is 0.356 e. The van der Waals surface area contributed by atoms with Gasteiger partial charge in [0.15, 0.2) is 5.96 Å². The molecule has 2 aromatic carbocycles. The zero-order valence-electron chi connectivity index (χ0n) is 16.5. The molecule has 0 aliphatic carbocycles. The van der Waals surface area contributed by atoms with Crippen LogP contribution in [0.5, 0.6) is 0 Å². The molecule has 144 valence electrons. The molecule has 2 rings (SSSR count). The molecule has 2 aromatic rings. The first-order chi connectivity index (χ1) is 13.1. The molecule has 5 heteroatoms. The fraction of sp³-hybridized carbons (Fsp3) is 0.364. The van der Waals surface area contributed by atoms with E-state index in [1.165, 1.54) is 5.56 Å². The highest BCUT2D eigenvalue weighted by Crippen LogP contribution is 2.13. The van der Waals surface area contributed by atoms with Crippen molar-refractivity contribution >= 4 is 17.6 Å². The van der Waals surface area contributed by atoms with E-state index in [0.29, 0.717) is 6.54 Å². The average molecular weight is 367 g/mol. The molecule has 0 heterocycles. The Kier molecular flexibility index (Phi) is 8.36. The molecule has 0 fully saturated rings. The van der Waals surface area contributed by atoms with E-state index in [-0.39, 0.29) is 11.8 Å². The maximum absolute atomic E-state index is 12.0. The molecule has 3 N–H and O–H groups in total.